The number of aryl methyl sites for hydroxylation is 1. The Balaban J connectivity index is 1.39. The molecule has 0 saturated carbocycles. The Hall–Kier alpha value is -3.82. The third kappa shape index (κ3) is 5.37. The molecular weight excluding hydrogens is 519 g/mol. The minimum absolute atomic E-state index is 0.0390. The lowest BCUT2D eigenvalue weighted by Crippen LogP contribution is -2.37. The largest absolute Gasteiger partial charge is 0.450 e. The van der Waals surface area contributed by atoms with Crippen molar-refractivity contribution in [2.75, 3.05) is 25.0 Å². The van der Waals surface area contributed by atoms with Crippen molar-refractivity contribution in [1.82, 2.24) is 4.31 Å². The highest BCUT2D eigenvalue weighted by Crippen LogP contribution is 2.33. The molecule has 0 atom stereocenters. The minimum Gasteiger partial charge on any atom is -0.450 e. The van der Waals surface area contributed by atoms with E-state index < -0.39 is 21.6 Å². The summed E-state index contributed by atoms with van der Waals surface area (Å²) in [6.07, 6.45) is 1.60. The van der Waals surface area contributed by atoms with Crippen LogP contribution in [-0.2, 0) is 10.0 Å². The van der Waals surface area contributed by atoms with Crippen molar-refractivity contribution in [3.8, 4) is 0 Å². The molecule has 1 N–H and O–H groups in total. The number of benzene rings is 3. The number of para-hydroxylation sites is 1. The molecule has 1 aliphatic heterocycles. The first-order chi connectivity index (χ1) is 18.6. The van der Waals surface area contributed by atoms with Gasteiger partial charge < -0.3 is 9.73 Å². The lowest BCUT2D eigenvalue weighted by atomic mass is 10.0. The lowest BCUT2D eigenvalue weighted by Gasteiger charge is -2.29. The number of furan rings is 1. The van der Waals surface area contributed by atoms with E-state index in [2.05, 4.69) is 12.2 Å². The average molecular weight is 549 g/mol. The highest BCUT2D eigenvalue weighted by atomic mass is 32.2. The van der Waals surface area contributed by atoms with Crippen molar-refractivity contribution >= 4 is 38.2 Å². The molecule has 0 amide bonds. The van der Waals surface area contributed by atoms with E-state index >= 15 is 0 Å². The standard InChI is InChI=1S/C30H29FN2O5S/c1-19-12-14-33(15-13-19)39(36,37)23-7-5-6-21(16-23)26(34)18-32-28-24-8-3-4-9-27(24)38-30(28)29(35)22-11-10-20(2)25(31)17-22/h3-11,16-17,19,32H,12-15,18H2,1-2H3. The Labute approximate surface area is 226 Å². The molecule has 3 aromatic carbocycles. The predicted octanol–water partition coefficient (Wildman–Crippen LogP) is 5.83. The van der Waals surface area contributed by atoms with E-state index in [1.165, 1.54) is 28.6 Å². The van der Waals surface area contributed by atoms with E-state index in [0.29, 0.717) is 41.2 Å². The van der Waals surface area contributed by atoms with Crippen LogP contribution in [0, 0.1) is 18.7 Å². The maximum absolute atomic E-state index is 14.2. The number of carbonyl (C=O) groups excluding carboxylic acids is 2. The Morgan fingerprint density at radius 1 is 1.00 bits per heavy atom. The number of sulfonamides is 1. The first-order valence-electron chi connectivity index (χ1n) is 12.8. The van der Waals surface area contributed by atoms with Crippen LogP contribution in [0.1, 0.15) is 51.8 Å². The van der Waals surface area contributed by atoms with Crippen LogP contribution in [0.3, 0.4) is 0 Å². The number of ketones is 2. The first kappa shape index (κ1) is 26.8. The van der Waals surface area contributed by atoms with E-state index in [0.717, 1.165) is 18.9 Å². The predicted molar refractivity (Wildman–Crippen MR) is 147 cm³/mol. The maximum Gasteiger partial charge on any atom is 0.243 e. The molecule has 202 valence electrons. The van der Waals surface area contributed by atoms with Gasteiger partial charge in [0.15, 0.2) is 11.5 Å². The number of hydrogen-bond donors (Lipinski definition) is 1. The number of piperidine rings is 1. The maximum atomic E-state index is 14.2. The molecule has 0 aliphatic carbocycles. The molecule has 0 spiro atoms. The SMILES string of the molecule is Cc1ccc(C(=O)c2oc3ccccc3c2NCC(=O)c2cccc(S(=O)(=O)N3CCC(C)CC3)c2)cc1F. The van der Waals surface area contributed by atoms with Gasteiger partial charge in [0.2, 0.25) is 15.8 Å². The fourth-order valence-corrected chi connectivity index (χ4v) is 6.24. The van der Waals surface area contributed by atoms with Crippen LogP contribution in [-0.4, -0.2) is 43.9 Å². The van der Waals surface area contributed by atoms with Crippen LogP contribution in [0.4, 0.5) is 10.1 Å². The summed E-state index contributed by atoms with van der Waals surface area (Å²) in [6.45, 7) is 4.42. The summed E-state index contributed by atoms with van der Waals surface area (Å²) in [5.74, 6) is -0.942. The van der Waals surface area contributed by atoms with Crippen molar-refractivity contribution in [3.63, 3.8) is 0 Å². The number of fused-ring (bicyclic) bond motifs is 1. The van der Waals surface area contributed by atoms with Crippen LogP contribution in [0.15, 0.2) is 76.0 Å². The second kappa shape index (κ2) is 10.7. The third-order valence-corrected chi connectivity index (χ3v) is 9.09. The molecule has 4 aromatic rings. The van der Waals surface area contributed by atoms with Gasteiger partial charge in [-0.2, -0.15) is 4.31 Å². The quantitative estimate of drug-likeness (QED) is 0.279. The second-order valence-corrected chi connectivity index (χ2v) is 11.9. The zero-order valence-electron chi connectivity index (χ0n) is 21.7. The molecule has 0 radical (unpaired) electrons. The van der Waals surface area contributed by atoms with Crippen molar-refractivity contribution in [3.05, 3.63) is 95.0 Å². The van der Waals surface area contributed by atoms with Gasteiger partial charge in [0.05, 0.1) is 17.1 Å². The molecular formula is C30H29FN2O5S. The van der Waals surface area contributed by atoms with Gasteiger partial charge in [-0.3, -0.25) is 9.59 Å². The molecule has 0 unspecified atom stereocenters. The zero-order valence-corrected chi connectivity index (χ0v) is 22.6. The smallest absolute Gasteiger partial charge is 0.243 e. The molecule has 2 heterocycles. The summed E-state index contributed by atoms with van der Waals surface area (Å²) in [5.41, 5.74) is 1.52. The van der Waals surface area contributed by atoms with Crippen molar-refractivity contribution in [1.29, 1.82) is 0 Å². The van der Waals surface area contributed by atoms with Crippen LogP contribution in [0.5, 0.6) is 0 Å². The molecule has 5 rings (SSSR count). The summed E-state index contributed by atoms with van der Waals surface area (Å²) in [4.78, 5) is 26.5. The molecule has 1 aliphatic rings. The summed E-state index contributed by atoms with van der Waals surface area (Å²) < 4.78 is 47.8. The van der Waals surface area contributed by atoms with Crippen LogP contribution >= 0.6 is 0 Å². The number of hydrogen-bond acceptors (Lipinski definition) is 6. The Bertz CT molecular complexity index is 1670. The van der Waals surface area contributed by atoms with Gasteiger partial charge in [0.25, 0.3) is 0 Å². The van der Waals surface area contributed by atoms with Gasteiger partial charge in [0.1, 0.15) is 11.4 Å². The highest BCUT2D eigenvalue weighted by Gasteiger charge is 2.29. The molecule has 1 saturated heterocycles. The Kier molecular flexibility index (Phi) is 7.38. The topological polar surface area (TPSA) is 96.7 Å². The second-order valence-electron chi connectivity index (χ2n) is 9.99. The first-order valence-corrected chi connectivity index (χ1v) is 14.3. The summed E-state index contributed by atoms with van der Waals surface area (Å²) in [5, 5.41) is 3.61. The number of halogens is 1. The summed E-state index contributed by atoms with van der Waals surface area (Å²) >= 11 is 0. The molecule has 39 heavy (non-hydrogen) atoms. The van der Waals surface area contributed by atoms with E-state index in [4.69, 9.17) is 4.42 Å². The van der Waals surface area contributed by atoms with Crippen molar-refractivity contribution in [2.45, 2.75) is 31.6 Å². The fraction of sp³-hybridized carbons (Fsp3) is 0.267. The summed E-state index contributed by atoms with van der Waals surface area (Å²) in [6, 6.07) is 17.2. The van der Waals surface area contributed by atoms with Crippen molar-refractivity contribution < 1.29 is 26.8 Å². The van der Waals surface area contributed by atoms with E-state index in [1.807, 2.05) is 0 Å². The Morgan fingerprint density at radius 2 is 1.74 bits per heavy atom. The number of nitrogens with zero attached hydrogens (tertiary/aromatic N) is 1. The Morgan fingerprint density at radius 3 is 2.49 bits per heavy atom. The van der Waals surface area contributed by atoms with Gasteiger partial charge >= 0.3 is 0 Å². The fourth-order valence-electron chi connectivity index (χ4n) is 4.72. The van der Waals surface area contributed by atoms with Crippen molar-refractivity contribution in [2.24, 2.45) is 5.92 Å². The molecule has 0 bridgehead atoms. The zero-order chi connectivity index (χ0) is 27.7. The number of anilines is 1. The number of carbonyl (C=O) groups is 2. The number of Topliss-reactive ketones (excluding diaryl/α,β-unsaturated/α-hetero) is 1. The molecule has 1 aromatic heterocycles. The normalized spacial score (nSPS) is 14.9. The number of rotatable bonds is 8. The molecule has 9 heteroatoms. The third-order valence-electron chi connectivity index (χ3n) is 7.20. The van der Waals surface area contributed by atoms with E-state index in [9.17, 15) is 22.4 Å². The van der Waals surface area contributed by atoms with Crippen LogP contribution in [0.25, 0.3) is 11.0 Å². The monoisotopic (exact) mass is 548 g/mol. The van der Waals surface area contributed by atoms with Gasteiger partial charge in [-0.25, -0.2) is 12.8 Å². The molecule has 1 fully saturated rings. The van der Waals surface area contributed by atoms with Gasteiger partial charge in [0, 0.05) is 29.6 Å². The van der Waals surface area contributed by atoms with E-state index in [-0.39, 0.29) is 34.1 Å². The van der Waals surface area contributed by atoms with Crippen LogP contribution < -0.4 is 5.32 Å². The summed E-state index contributed by atoms with van der Waals surface area (Å²) in [7, 11) is -3.71. The lowest BCUT2D eigenvalue weighted by molar-refractivity contribution is 0.0997. The highest BCUT2D eigenvalue weighted by molar-refractivity contribution is 7.89. The average Bonchev–Trinajstić information content (AvgIpc) is 3.31. The molecule has 7 nitrogen and oxygen atoms in total. The van der Waals surface area contributed by atoms with E-state index in [1.54, 1.807) is 43.3 Å². The van der Waals surface area contributed by atoms with Crippen LogP contribution in [0.2, 0.25) is 0 Å². The minimum atomic E-state index is -3.71. The van der Waals surface area contributed by atoms with Gasteiger partial charge in [-0.05, 0) is 61.6 Å². The van der Waals surface area contributed by atoms with Gasteiger partial charge in [-0.1, -0.05) is 43.3 Å². The van der Waals surface area contributed by atoms with Gasteiger partial charge in [-0.15, -0.1) is 0 Å². The number of nitrogens with one attached hydrogen (secondary N) is 1.